The largest absolute Gasteiger partial charge is 0.349 e. The molecule has 0 aliphatic heterocycles. The second kappa shape index (κ2) is 5.37. The molecule has 1 aromatic carbocycles. The Kier molecular flexibility index (Phi) is 4.42. The van der Waals surface area contributed by atoms with Gasteiger partial charge in [-0.2, -0.15) is 0 Å². The van der Waals surface area contributed by atoms with Gasteiger partial charge in [0.2, 0.25) is 5.91 Å². The van der Waals surface area contributed by atoms with Crippen LogP contribution >= 0.6 is 27.5 Å². The van der Waals surface area contributed by atoms with E-state index in [9.17, 15) is 4.79 Å². The van der Waals surface area contributed by atoms with Crippen LogP contribution < -0.4 is 5.32 Å². The van der Waals surface area contributed by atoms with Crippen molar-refractivity contribution in [2.45, 2.75) is 13.0 Å². The Hall–Kier alpha value is -0.540. The van der Waals surface area contributed by atoms with E-state index < -0.39 is 0 Å². The first-order valence-corrected chi connectivity index (χ1v) is 5.57. The zero-order valence-corrected chi connectivity index (χ0v) is 10.1. The van der Waals surface area contributed by atoms with Crippen molar-refractivity contribution in [3.05, 3.63) is 34.3 Å². The summed E-state index contributed by atoms with van der Waals surface area (Å²) in [5, 5.41) is 2.78. The molecule has 1 N–H and O–H groups in total. The summed E-state index contributed by atoms with van der Waals surface area (Å²) in [6.45, 7) is 1.92. The van der Waals surface area contributed by atoms with Gasteiger partial charge in [-0.3, -0.25) is 4.79 Å². The maximum Gasteiger partial charge on any atom is 0.235 e. The van der Waals surface area contributed by atoms with Gasteiger partial charge in [-0.15, -0.1) is 11.6 Å². The third-order valence-corrected chi connectivity index (χ3v) is 2.58. The number of hydrogen-bond donors (Lipinski definition) is 1. The molecular formula is C10H11BrClNO. The van der Waals surface area contributed by atoms with E-state index in [1.807, 2.05) is 31.2 Å². The third-order valence-electron chi connectivity index (χ3n) is 1.85. The predicted octanol–water partition coefficient (Wildman–Crippen LogP) is 2.87. The van der Waals surface area contributed by atoms with Crippen molar-refractivity contribution >= 4 is 33.4 Å². The lowest BCUT2D eigenvalue weighted by molar-refractivity contribution is -0.119. The van der Waals surface area contributed by atoms with Crippen molar-refractivity contribution in [2.75, 3.05) is 5.88 Å². The summed E-state index contributed by atoms with van der Waals surface area (Å²) in [6, 6.07) is 7.80. The van der Waals surface area contributed by atoms with Crippen molar-refractivity contribution in [1.82, 2.24) is 5.32 Å². The van der Waals surface area contributed by atoms with Gasteiger partial charge >= 0.3 is 0 Å². The Labute approximate surface area is 96.8 Å². The van der Waals surface area contributed by atoms with Crippen LogP contribution in [0.2, 0.25) is 0 Å². The summed E-state index contributed by atoms with van der Waals surface area (Å²) in [5.74, 6) is -0.155. The van der Waals surface area contributed by atoms with Crippen LogP contribution in [0.1, 0.15) is 18.5 Å². The van der Waals surface area contributed by atoms with Crippen LogP contribution in [0.25, 0.3) is 0 Å². The van der Waals surface area contributed by atoms with E-state index in [0.29, 0.717) is 0 Å². The molecule has 4 heteroatoms. The fourth-order valence-electron chi connectivity index (χ4n) is 1.14. The lowest BCUT2D eigenvalue weighted by Gasteiger charge is -2.13. The minimum Gasteiger partial charge on any atom is -0.349 e. The highest BCUT2D eigenvalue weighted by molar-refractivity contribution is 9.10. The molecular weight excluding hydrogens is 265 g/mol. The second-order valence-corrected chi connectivity index (χ2v) is 4.16. The number of hydrogen-bond acceptors (Lipinski definition) is 1. The highest BCUT2D eigenvalue weighted by atomic mass is 79.9. The monoisotopic (exact) mass is 275 g/mol. The smallest absolute Gasteiger partial charge is 0.235 e. The van der Waals surface area contributed by atoms with Gasteiger partial charge in [-0.25, -0.2) is 0 Å². The van der Waals surface area contributed by atoms with Crippen LogP contribution in [0.5, 0.6) is 0 Å². The molecule has 0 saturated heterocycles. The first-order valence-electron chi connectivity index (χ1n) is 4.24. The molecule has 1 unspecified atom stereocenters. The average Bonchev–Trinajstić information content (AvgIpc) is 2.17. The highest BCUT2D eigenvalue weighted by Gasteiger charge is 2.08. The molecule has 0 spiro atoms. The zero-order valence-electron chi connectivity index (χ0n) is 7.76. The Morgan fingerprint density at radius 3 is 2.93 bits per heavy atom. The Bertz CT molecular complexity index is 330. The van der Waals surface area contributed by atoms with Gasteiger partial charge in [0.25, 0.3) is 0 Å². The molecule has 1 rings (SSSR count). The maximum atomic E-state index is 11.0. The number of nitrogens with one attached hydrogen (secondary N) is 1. The van der Waals surface area contributed by atoms with Crippen LogP contribution in [-0.4, -0.2) is 11.8 Å². The van der Waals surface area contributed by atoms with Crippen LogP contribution in [0, 0.1) is 0 Å². The van der Waals surface area contributed by atoms with Gasteiger partial charge in [-0.05, 0) is 24.6 Å². The number of carbonyl (C=O) groups is 1. The first-order chi connectivity index (χ1) is 6.63. The molecule has 0 aromatic heterocycles. The number of halogens is 2. The normalized spacial score (nSPS) is 12.2. The van der Waals surface area contributed by atoms with E-state index >= 15 is 0 Å². The van der Waals surface area contributed by atoms with Crippen molar-refractivity contribution in [3.63, 3.8) is 0 Å². The predicted molar refractivity (Wildman–Crippen MR) is 61.4 cm³/mol. The van der Waals surface area contributed by atoms with E-state index in [1.165, 1.54) is 0 Å². The van der Waals surface area contributed by atoms with E-state index in [1.54, 1.807) is 0 Å². The fourth-order valence-corrected chi connectivity index (χ4v) is 1.63. The molecule has 1 amide bonds. The number of carbonyl (C=O) groups excluding carboxylic acids is 1. The van der Waals surface area contributed by atoms with Crippen LogP contribution in [0.3, 0.4) is 0 Å². The lowest BCUT2D eigenvalue weighted by atomic mass is 10.1. The number of benzene rings is 1. The number of amides is 1. The van der Waals surface area contributed by atoms with Gasteiger partial charge in [0.15, 0.2) is 0 Å². The summed E-state index contributed by atoms with van der Waals surface area (Å²) in [7, 11) is 0. The van der Waals surface area contributed by atoms with Gasteiger partial charge in [0.1, 0.15) is 5.88 Å². The topological polar surface area (TPSA) is 29.1 Å². The lowest BCUT2D eigenvalue weighted by Crippen LogP contribution is -2.27. The first kappa shape index (κ1) is 11.5. The number of rotatable bonds is 3. The molecule has 0 bridgehead atoms. The molecule has 14 heavy (non-hydrogen) atoms. The third kappa shape index (κ3) is 3.31. The summed E-state index contributed by atoms with van der Waals surface area (Å²) in [6.07, 6.45) is 0. The van der Waals surface area contributed by atoms with E-state index in [2.05, 4.69) is 21.2 Å². The second-order valence-electron chi connectivity index (χ2n) is 2.98. The van der Waals surface area contributed by atoms with Crippen molar-refractivity contribution < 1.29 is 4.79 Å². The summed E-state index contributed by atoms with van der Waals surface area (Å²) in [4.78, 5) is 11.0. The van der Waals surface area contributed by atoms with Crippen molar-refractivity contribution in [1.29, 1.82) is 0 Å². The van der Waals surface area contributed by atoms with Gasteiger partial charge in [0, 0.05) is 4.47 Å². The molecule has 0 heterocycles. The number of alkyl halides is 1. The molecule has 1 atom stereocenters. The molecule has 1 aromatic rings. The standard InChI is InChI=1S/C10H11BrClNO/c1-7(13-10(14)6-12)8-3-2-4-9(11)5-8/h2-5,7H,6H2,1H3,(H,13,14). The summed E-state index contributed by atoms with van der Waals surface area (Å²) in [5.41, 5.74) is 1.05. The van der Waals surface area contributed by atoms with Crippen molar-refractivity contribution in [3.8, 4) is 0 Å². The molecule has 0 saturated carbocycles. The highest BCUT2D eigenvalue weighted by Crippen LogP contribution is 2.17. The summed E-state index contributed by atoms with van der Waals surface area (Å²) >= 11 is 8.77. The van der Waals surface area contributed by atoms with Gasteiger partial charge in [-0.1, -0.05) is 28.1 Å². The molecule has 0 radical (unpaired) electrons. The Balaban J connectivity index is 2.69. The zero-order chi connectivity index (χ0) is 10.6. The van der Waals surface area contributed by atoms with E-state index in [0.717, 1.165) is 10.0 Å². The molecule has 0 aliphatic carbocycles. The average molecular weight is 277 g/mol. The Morgan fingerprint density at radius 1 is 1.64 bits per heavy atom. The molecule has 76 valence electrons. The van der Waals surface area contributed by atoms with Gasteiger partial charge in [0.05, 0.1) is 6.04 Å². The van der Waals surface area contributed by atoms with E-state index in [4.69, 9.17) is 11.6 Å². The van der Waals surface area contributed by atoms with E-state index in [-0.39, 0.29) is 17.8 Å². The minimum atomic E-state index is -0.154. The fraction of sp³-hybridized carbons (Fsp3) is 0.300. The Morgan fingerprint density at radius 2 is 2.36 bits per heavy atom. The van der Waals surface area contributed by atoms with Crippen LogP contribution in [-0.2, 0) is 4.79 Å². The van der Waals surface area contributed by atoms with Crippen LogP contribution in [0.4, 0.5) is 0 Å². The maximum absolute atomic E-state index is 11.0. The van der Waals surface area contributed by atoms with Crippen molar-refractivity contribution in [2.24, 2.45) is 0 Å². The SMILES string of the molecule is CC(NC(=O)CCl)c1cccc(Br)c1. The van der Waals surface area contributed by atoms with Crippen LogP contribution in [0.15, 0.2) is 28.7 Å². The quantitative estimate of drug-likeness (QED) is 0.845. The van der Waals surface area contributed by atoms with Gasteiger partial charge < -0.3 is 5.32 Å². The molecule has 2 nitrogen and oxygen atoms in total. The summed E-state index contributed by atoms with van der Waals surface area (Å²) < 4.78 is 1.00. The minimum absolute atomic E-state index is 0.00164. The molecule has 0 fully saturated rings. The molecule has 0 aliphatic rings.